The van der Waals surface area contributed by atoms with E-state index >= 15 is 0 Å². The molecule has 0 unspecified atom stereocenters. The Hall–Kier alpha value is -10.6. The summed E-state index contributed by atoms with van der Waals surface area (Å²) in [6.07, 6.45) is -1.80. The van der Waals surface area contributed by atoms with Gasteiger partial charge in [0.05, 0.1) is 25.9 Å². The summed E-state index contributed by atoms with van der Waals surface area (Å²) in [5.74, 6) is -17.8. The lowest BCUT2D eigenvalue weighted by atomic mass is 9.99. The first kappa shape index (κ1) is 100. The Balaban J connectivity index is 2.33. The number of benzene rings is 1. The van der Waals surface area contributed by atoms with E-state index in [-0.39, 0.29) is 126 Å². The van der Waals surface area contributed by atoms with Crippen molar-refractivity contribution < 1.29 is 97.5 Å². The highest BCUT2D eigenvalue weighted by molar-refractivity contribution is 7.80. The molecule has 15 atom stereocenters. The summed E-state index contributed by atoms with van der Waals surface area (Å²) < 4.78 is 0. The van der Waals surface area contributed by atoms with Crippen LogP contribution in [-0.4, -0.2) is 285 Å². The average Bonchev–Trinajstić information content (AvgIpc) is 1.82. The normalized spacial score (nSPS) is 16.1. The molecule has 0 radical (unpaired) electrons. The number of carbonyl (C=O) groups excluding carboxylic acids is 14. The molecule has 0 bridgehead atoms. The van der Waals surface area contributed by atoms with Crippen LogP contribution in [0.3, 0.4) is 0 Å². The van der Waals surface area contributed by atoms with Crippen molar-refractivity contribution in [3.05, 3.63) is 29.8 Å². The van der Waals surface area contributed by atoms with E-state index < -0.39 is 217 Å². The number of guanidine groups is 3. The number of carboxylic acid groups (broad SMARTS) is 1. The number of amides is 14. The molecule has 0 spiro atoms. The van der Waals surface area contributed by atoms with Gasteiger partial charge in [0.2, 0.25) is 82.7 Å². The maximum absolute atomic E-state index is 14.3. The Labute approximate surface area is 676 Å². The SMILES string of the molecule is CC(C)C[C@H](NC(=O)[C@H](CCCN=C(N)N)NC(=O)[C@@H](N)CO)C(=O)N[C@H](C(=O)NCC(=O)N[C@@H](Cc1ccc(O)cc1)C(=O)N[C@@H](CS)C(=O)N[C@H](C(=O)N[C@@H](CCCN=C(N)N)C(=O)N[C@@H](CO)C(=O)N1CCC[C@H]1C(=O)N[C@@H](C)C(=O)N[C@H](C(=O)N[C@@H](CS)C(=O)N[C@@H](CCCN=C(N)N)C(=O)O)C(C)C)[C@@H](C)O)C(C)C. The second-order valence-corrected chi connectivity index (χ2v) is 29.1. The molecule has 1 saturated heterocycles. The summed E-state index contributed by atoms with van der Waals surface area (Å²) >= 11 is 8.40. The number of aliphatic hydroxyl groups excluding tert-OH is 3. The zero-order valence-electron chi connectivity index (χ0n) is 65.7. The van der Waals surface area contributed by atoms with E-state index in [0.717, 1.165) is 11.8 Å². The molecule has 115 heavy (non-hydrogen) atoms. The molecule has 1 aliphatic rings. The fourth-order valence-electron chi connectivity index (χ4n) is 11.3. The summed E-state index contributed by atoms with van der Waals surface area (Å²) in [4.78, 5) is 218. The molecule has 32 N–H and O–H groups in total. The number of nitrogens with zero attached hydrogens (tertiary/aromatic N) is 4. The summed E-state index contributed by atoms with van der Waals surface area (Å²) in [6.45, 7) is 9.58. The van der Waals surface area contributed by atoms with Crippen LogP contribution in [0.5, 0.6) is 5.75 Å². The van der Waals surface area contributed by atoms with Gasteiger partial charge in [0.25, 0.3) is 0 Å². The highest BCUT2D eigenvalue weighted by Gasteiger charge is 2.42. The number of hydrogen-bond acceptors (Lipinski definition) is 25. The van der Waals surface area contributed by atoms with Crippen molar-refractivity contribution in [3.63, 3.8) is 0 Å². The number of aliphatic imine (C=N–C) groups is 3. The number of phenolic OH excluding ortho intramolecular Hbond substituents is 1. The molecule has 1 fully saturated rings. The molecule has 0 aromatic heterocycles. The van der Waals surface area contributed by atoms with E-state index in [9.17, 15) is 97.5 Å². The zero-order chi connectivity index (χ0) is 87.1. The Kier molecular flexibility index (Phi) is 44.8. The van der Waals surface area contributed by atoms with Gasteiger partial charge < -0.3 is 140 Å². The fraction of sp³-hybridized carbons (Fsp3) is 0.652. The van der Waals surface area contributed by atoms with Gasteiger partial charge in [-0.15, -0.1) is 0 Å². The van der Waals surface area contributed by atoms with E-state index in [1.54, 1.807) is 41.5 Å². The lowest BCUT2D eigenvalue weighted by molar-refractivity contribution is -0.143. The van der Waals surface area contributed by atoms with Gasteiger partial charge in [-0.2, -0.15) is 25.3 Å². The van der Waals surface area contributed by atoms with Crippen LogP contribution in [0.25, 0.3) is 0 Å². The van der Waals surface area contributed by atoms with Gasteiger partial charge in [-0.05, 0) is 107 Å². The lowest BCUT2D eigenvalue weighted by Crippen LogP contribution is -2.62. The van der Waals surface area contributed by atoms with Crippen LogP contribution >= 0.6 is 25.3 Å². The number of aromatic hydroxyl groups is 1. The summed E-state index contributed by atoms with van der Waals surface area (Å²) in [6, 6.07) is -15.2. The number of nitrogens with two attached hydrogens (primary N) is 7. The number of carbonyl (C=O) groups is 15. The topological polar surface area (TPSA) is 736 Å². The molecule has 1 aromatic rings. The average molecular weight is 1670 g/mol. The van der Waals surface area contributed by atoms with Crippen molar-refractivity contribution in [2.45, 2.75) is 210 Å². The first-order valence-corrected chi connectivity index (χ1v) is 38.5. The van der Waals surface area contributed by atoms with Crippen LogP contribution in [0.4, 0.5) is 0 Å². The molecule has 46 heteroatoms. The molecule has 44 nitrogen and oxygen atoms in total. The molecule has 0 saturated carbocycles. The van der Waals surface area contributed by atoms with Gasteiger partial charge >= 0.3 is 5.97 Å². The van der Waals surface area contributed by atoms with Crippen LogP contribution in [0, 0.1) is 17.8 Å². The highest BCUT2D eigenvalue weighted by Crippen LogP contribution is 2.20. The Morgan fingerprint density at radius 2 is 0.896 bits per heavy atom. The number of nitrogens with one attached hydrogen (secondary N) is 13. The van der Waals surface area contributed by atoms with Gasteiger partial charge in [0, 0.05) is 44.1 Å². The number of aliphatic hydroxyl groups is 3. The lowest BCUT2D eigenvalue weighted by Gasteiger charge is -2.30. The van der Waals surface area contributed by atoms with Crippen molar-refractivity contribution in [1.82, 2.24) is 74.0 Å². The Morgan fingerprint density at radius 1 is 0.487 bits per heavy atom. The van der Waals surface area contributed by atoms with Crippen molar-refractivity contribution in [1.29, 1.82) is 0 Å². The third kappa shape index (κ3) is 36.2. The largest absolute Gasteiger partial charge is 0.508 e. The minimum Gasteiger partial charge on any atom is -0.508 e. The summed E-state index contributed by atoms with van der Waals surface area (Å²) in [7, 11) is 0. The number of thiol groups is 2. The fourth-order valence-corrected chi connectivity index (χ4v) is 11.8. The zero-order valence-corrected chi connectivity index (χ0v) is 67.5. The van der Waals surface area contributed by atoms with Crippen molar-refractivity contribution in [2.24, 2.45) is 72.9 Å². The molecule has 1 heterocycles. The smallest absolute Gasteiger partial charge is 0.326 e. The number of phenols is 1. The Bertz CT molecular complexity index is 3550. The van der Waals surface area contributed by atoms with Crippen molar-refractivity contribution in [3.8, 4) is 5.75 Å². The van der Waals surface area contributed by atoms with Gasteiger partial charge in [-0.1, -0.05) is 53.7 Å². The highest BCUT2D eigenvalue weighted by atomic mass is 32.1. The van der Waals surface area contributed by atoms with E-state index in [1.807, 2.05) is 0 Å². The number of likely N-dealkylation sites (tertiary alicyclic amines) is 1. The van der Waals surface area contributed by atoms with Crippen molar-refractivity contribution >= 4 is 132 Å². The number of aliphatic carboxylic acids is 1. The number of carboxylic acids is 1. The van der Waals surface area contributed by atoms with E-state index in [2.05, 4.69) is 109 Å². The van der Waals surface area contributed by atoms with E-state index in [1.165, 1.54) is 31.2 Å². The minimum atomic E-state index is -1.92. The molecule has 1 aromatic carbocycles. The molecule has 0 aliphatic carbocycles. The second kappa shape index (κ2) is 51.3. The van der Waals surface area contributed by atoms with Gasteiger partial charge in [0.1, 0.15) is 90.3 Å². The third-order valence-corrected chi connectivity index (χ3v) is 18.3. The molecule has 2 rings (SSSR count). The van der Waals surface area contributed by atoms with Crippen LogP contribution in [-0.2, 0) is 78.3 Å². The predicted molar refractivity (Wildman–Crippen MR) is 426 cm³/mol. The van der Waals surface area contributed by atoms with Crippen LogP contribution in [0.1, 0.15) is 119 Å². The van der Waals surface area contributed by atoms with E-state index in [0.29, 0.717) is 5.56 Å². The van der Waals surface area contributed by atoms with Crippen LogP contribution < -0.4 is 109 Å². The predicted octanol–water partition coefficient (Wildman–Crippen LogP) is -9.96. The molecule has 14 amide bonds. The van der Waals surface area contributed by atoms with Crippen LogP contribution in [0.15, 0.2) is 39.2 Å². The number of rotatable bonds is 51. The maximum atomic E-state index is 14.3. The van der Waals surface area contributed by atoms with Crippen LogP contribution in [0.2, 0.25) is 0 Å². The maximum Gasteiger partial charge on any atom is 0.326 e. The molecular weight excluding hydrogens is 1550 g/mol. The first-order valence-electron chi connectivity index (χ1n) is 37.3. The minimum absolute atomic E-state index is 0.0274. The van der Waals surface area contributed by atoms with E-state index in [4.69, 9.17) is 40.1 Å². The van der Waals surface area contributed by atoms with Crippen molar-refractivity contribution in [2.75, 3.05) is 57.4 Å². The quantitative estimate of drug-likeness (QED) is 0.0125. The monoisotopic (exact) mass is 1670 g/mol. The van der Waals surface area contributed by atoms with Gasteiger partial charge in [-0.3, -0.25) is 82.1 Å². The third-order valence-electron chi connectivity index (χ3n) is 17.6. The summed E-state index contributed by atoms with van der Waals surface area (Å²) in [5.41, 5.74) is 38.6. The number of hydrogen-bond donors (Lipinski definition) is 27. The molecule has 646 valence electrons. The van der Waals surface area contributed by atoms with Gasteiger partial charge in [-0.25, -0.2) is 4.79 Å². The van der Waals surface area contributed by atoms with Gasteiger partial charge in [0.15, 0.2) is 17.9 Å². The standard InChI is InChI=1S/C69H118N24O20S2/c1-32(2)25-43(86-55(101)40(13-9-21-77-67(71)72)83-54(100)39(70)28-94)58(104)91-50(33(3)4)62(108)80-27-49(98)82-44(26-37-17-19-38(97)20-18-37)57(103)88-47(31-115)60(106)92-52(36(8)96)64(110)84-41(14-10-22-78-68(73)74)56(102)87-45(29-95)65(111)93-24-12-16-48(93)61(107)81-35(7)53(99)90-51(34(5)6)63(109)89-46(30-114)59(105)85-42(66(112)113)15-11-23-79-69(75)76/h17-20,32-36,39-48,50-52,94-97,114-115H,9-16,21-31,70H2,1-8H3,(H,80,108)(H,81,107)(H,82,98)(H,83,100)(H,84,110)(H,85,105)(H,86,101)(H,87,102)(H,88,103)(H,89,109)(H,90,99)(H,91,104)(H,92,106)(H,112,113)(H4,71,72,77)(H4,73,74,78)(H4,75,76,79)/t35-,36+,39-,40-,41-,42-,43-,44-,45-,46-,47-,48-,50-,51-,52-/m0/s1. The molecular formula is C69H118N24O20S2. The Morgan fingerprint density at radius 3 is 1.37 bits per heavy atom. The second-order valence-electron chi connectivity index (χ2n) is 28.4. The first-order chi connectivity index (χ1) is 54.0. The summed E-state index contributed by atoms with van der Waals surface area (Å²) in [5, 5.41) is 82.8. The molecule has 1 aliphatic heterocycles.